The fraction of sp³-hybridized carbons (Fsp3) is 0.143. The fourth-order valence-corrected chi connectivity index (χ4v) is 2.03. The third-order valence-electron chi connectivity index (χ3n) is 2.62. The lowest BCUT2D eigenvalue weighted by Gasteiger charge is -2.18. The molecule has 0 spiro atoms. The maximum Gasteiger partial charge on any atom is 0.0745 e. The van der Waals surface area contributed by atoms with Crippen molar-refractivity contribution in [3.05, 3.63) is 64.1 Å². The van der Waals surface area contributed by atoms with Crippen molar-refractivity contribution in [2.24, 2.45) is 0 Å². The van der Waals surface area contributed by atoms with Gasteiger partial charge < -0.3 is 10.4 Å². The van der Waals surface area contributed by atoms with Crippen molar-refractivity contribution in [1.82, 2.24) is 0 Å². The van der Waals surface area contributed by atoms with Gasteiger partial charge in [0, 0.05) is 15.7 Å². The maximum absolute atomic E-state index is 9.45. The summed E-state index contributed by atoms with van der Waals surface area (Å²) in [6, 6.07) is 14.6. The molecule has 0 aliphatic carbocycles. The highest BCUT2D eigenvalue weighted by molar-refractivity contribution is 6.31. The van der Waals surface area contributed by atoms with Gasteiger partial charge in [0.25, 0.3) is 0 Å². The van der Waals surface area contributed by atoms with Gasteiger partial charge in [-0.25, -0.2) is 0 Å². The zero-order chi connectivity index (χ0) is 13.0. The number of aliphatic hydroxyl groups excluding tert-OH is 1. The number of aliphatic hydroxyl groups is 1. The molecule has 0 radical (unpaired) electrons. The van der Waals surface area contributed by atoms with Crippen molar-refractivity contribution in [3.63, 3.8) is 0 Å². The molecule has 0 aromatic heterocycles. The van der Waals surface area contributed by atoms with Gasteiger partial charge in [-0.05, 0) is 35.9 Å². The molecule has 2 N–H and O–H groups in total. The van der Waals surface area contributed by atoms with E-state index in [1.54, 1.807) is 12.1 Å². The van der Waals surface area contributed by atoms with Crippen LogP contribution in [0.1, 0.15) is 11.6 Å². The predicted molar refractivity (Wildman–Crippen MR) is 76.4 cm³/mol. The molecule has 2 aromatic rings. The Balaban J connectivity index is 2.17. The first kappa shape index (κ1) is 13.2. The summed E-state index contributed by atoms with van der Waals surface area (Å²) in [5, 5.41) is 14.0. The smallest absolute Gasteiger partial charge is 0.0745 e. The van der Waals surface area contributed by atoms with E-state index < -0.39 is 0 Å². The van der Waals surface area contributed by atoms with Gasteiger partial charge in [0.1, 0.15) is 0 Å². The molecule has 0 fully saturated rings. The molecule has 0 bridgehead atoms. The van der Waals surface area contributed by atoms with E-state index in [9.17, 15) is 5.11 Å². The molecule has 2 rings (SSSR count). The highest BCUT2D eigenvalue weighted by Crippen LogP contribution is 2.22. The third kappa shape index (κ3) is 3.39. The summed E-state index contributed by atoms with van der Waals surface area (Å²) in [5.74, 6) is 0. The van der Waals surface area contributed by atoms with E-state index in [0.717, 1.165) is 11.3 Å². The van der Waals surface area contributed by atoms with Gasteiger partial charge in [0.2, 0.25) is 0 Å². The SMILES string of the molecule is OCC(Nc1cccc(Cl)c1)c1ccc(Cl)cc1. The zero-order valence-corrected chi connectivity index (χ0v) is 11.1. The number of benzene rings is 2. The number of nitrogens with one attached hydrogen (secondary N) is 1. The Morgan fingerprint density at radius 1 is 1.00 bits per heavy atom. The van der Waals surface area contributed by atoms with Crippen molar-refractivity contribution < 1.29 is 5.11 Å². The lowest BCUT2D eigenvalue weighted by molar-refractivity contribution is 0.276. The molecule has 0 saturated carbocycles. The Kier molecular flexibility index (Phi) is 4.48. The molecule has 0 saturated heterocycles. The van der Waals surface area contributed by atoms with Gasteiger partial charge in [0.15, 0.2) is 0 Å². The maximum atomic E-state index is 9.45. The van der Waals surface area contributed by atoms with Crippen molar-refractivity contribution in [3.8, 4) is 0 Å². The van der Waals surface area contributed by atoms with Crippen LogP contribution in [0.2, 0.25) is 10.0 Å². The summed E-state index contributed by atoms with van der Waals surface area (Å²) in [6.45, 7) is -0.00581. The van der Waals surface area contributed by atoms with E-state index in [0.29, 0.717) is 10.0 Å². The lowest BCUT2D eigenvalue weighted by Crippen LogP contribution is -2.14. The second kappa shape index (κ2) is 6.10. The molecule has 2 aromatic carbocycles. The van der Waals surface area contributed by atoms with E-state index in [1.165, 1.54) is 0 Å². The topological polar surface area (TPSA) is 32.3 Å². The fourth-order valence-electron chi connectivity index (χ4n) is 1.71. The molecule has 1 unspecified atom stereocenters. The van der Waals surface area contributed by atoms with Crippen LogP contribution in [0.4, 0.5) is 5.69 Å². The quantitative estimate of drug-likeness (QED) is 0.883. The largest absolute Gasteiger partial charge is 0.394 e. The molecule has 1 atom stereocenters. The highest BCUT2D eigenvalue weighted by atomic mass is 35.5. The van der Waals surface area contributed by atoms with Gasteiger partial charge in [0.05, 0.1) is 12.6 Å². The van der Waals surface area contributed by atoms with Crippen LogP contribution in [-0.4, -0.2) is 11.7 Å². The molecule has 4 heteroatoms. The summed E-state index contributed by atoms with van der Waals surface area (Å²) in [4.78, 5) is 0. The zero-order valence-electron chi connectivity index (χ0n) is 9.61. The van der Waals surface area contributed by atoms with E-state index in [2.05, 4.69) is 5.32 Å². The summed E-state index contributed by atoms with van der Waals surface area (Å²) in [5.41, 5.74) is 1.85. The predicted octanol–water partition coefficient (Wildman–Crippen LogP) is 4.14. The monoisotopic (exact) mass is 281 g/mol. The van der Waals surface area contributed by atoms with Gasteiger partial charge >= 0.3 is 0 Å². The van der Waals surface area contributed by atoms with E-state index in [1.807, 2.05) is 36.4 Å². The van der Waals surface area contributed by atoms with E-state index >= 15 is 0 Å². The first-order valence-corrected chi connectivity index (χ1v) is 6.33. The van der Waals surface area contributed by atoms with Gasteiger partial charge in [-0.3, -0.25) is 0 Å². The molecule has 0 aliphatic heterocycles. The normalized spacial score (nSPS) is 12.2. The van der Waals surface area contributed by atoms with Gasteiger partial charge in [-0.15, -0.1) is 0 Å². The second-order valence-electron chi connectivity index (χ2n) is 3.94. The summed E-state index contributed by atoms with van der Waals surface area (Å²) >= 11 is 11.8. The highest BCUT2D eigenvalue weighted by Gasteiger charge is 2.10. The average Bonchev–Trinajstić information content (AvgIpc) is 2.37. The summed E-state index contributed by atoms with van der Waals surface area (Å²) < 4.78 is 0. The Labute approximate surface area is 116 Å². The Hall–Kier alpha value is -1.22. The minimum Gasteiger partial charge on any atom is -0.394 e. The minimum absolute atomic E-state index is 0.00581. The van der Waals surface area contributed by atoms with Crippen molar-refractivity contribution >= 4 is 28.9 Å². The molecular weight excluding hydrogens is 269 g/mol. The van der Waals surface area contributed by atoms with E-state index in [-0.39, 0.29) is 12.6 Å². The van der Waals surface area contributed by atoms with Crippen LogP contribution in [0.5, 0.6) is 0 Å². The second-order valence-corrected chi connectivity index (χ2v) is 4.81. The Morgan fingerprint density at radius 3 is 2.33 bits per heavy atom. The number of anilines is 1. The Bertz CT molecular complexity index is 513. The molecule has 0 heterocycles. The molecule has 0 amide bonds. The van der Waals surface area contributed by atoms with Crippen LogP contribution in [0.15, 0.2) is 48.5 Å². The Morgan fingerprint density at radius 2 is 1.72 bits per heavy atom. The standard InChI is InChI=1S/C14H13Cl2NO/c15-11-6-4-10(5-7-11)14(9-18)17-13-3-1-2-12(16)8-13/h1-8,14,17-18H,9H2. The number of hydrogen-bond acceptors (Lipinski definition) is 2. The van der Waals surface area contributed by atoms with Gasteiger partial charge in [-0.2, -0.15) is 0 Å². The molecule has 2 nitrogen and oxygen atoms in total. The summed E-state index contributed by atoms with van der Waals surface area (Å²) in [6.07, 6.45) is 0. The van der Waals surface area contributed by atoms with Gasteiger partial charge in [-0.1, -0.05) is 41.4 Å². The van der Waals surface area contributed by atoms with Crippen LogP contribution >= 0.6 is 23.2 Å². The number of hydrogen-bond donors (Lipinski definition) is 2. The number of rotatable bonds is 4. The average molecular weight is 282 g/mol. The third-order valence-corrected chi connectivity index (χ3v) is 3.11. The first-order chi connectivity index (χ1) is 8.69. The van der Waals surface area contributed by atoms with Crippen LogP contribution in [0.3, 0.4) is 0 Å². The molecule has 94 valence electrons. The van der Waals surface area contributed by atoms with Crippen LogP contribution in [0.25, 0.3) is 0 Å². The van der Waals surface area contributed by atoms with Crippen LogP contribution < -0.4 is 5.32 Å². The van der Waals surface area contributed by atoms with Crippen LogP contribution in [-0.2, 0) is 0 Å². The minimum atomic E-state index is -0.180. The molecule has 0 aliphatic rings. The van der Waals surface area contributed by atoms with E-state index in [4.69, 9.17) is 23.2 Å². The first-order valence-electron chi connectivity index (χ1n) is 5.57. The lowest BCUT2D eigenvalue weighted by atomic mass is 10.1. The van der Waals surface area contributed by atoms with Crippen molar-refractivity contribution in [1.29, 1.82) is 0 Å². The molecule has 18 heavy (non-hydrogen) atoms. The van der Waals surface area contributed by atoms with Crippen LogP contribution in [0, 0.1) is 0 Å². The van der Waals surface area contributed by atoms with Crippen molar-refractivity contribution in [2.75, 3.05) is 11.9 Å². The molecular formula is C14H13Cl2NO. The summed E-state index contributed by atoms with van der Waals surface area (Å²) in [7, 11) is 0. The number of halogens is 2. The van der Waals surface area contributed by atoms with Crippen molar-refractivity contribution in [2.45, 2.75) is 6.04 Å².